The van der Waals surface area contributed by atoms with E-state index >= 15 is 0 Å². The first-order valence-electron chi connectivity index (χ1n) is 7.31. The summed E-state index contributed by atoms with van der Waals surface area (Å²) in [5.74, 6) is 0. The molecule has 2 rings (SSSR count). The summed E-state index contributed by atoms with van der Waals surface area (Å²) in [4.78, 5) is 0. The Labute approximate surface area is 122 Å². The topological polar surface area (TPSA) is 58.2 Å². The van der Waals surface area contributed by atoms with Gasteiger partial charge in [0.25, 0.3) is 0 Å². The van der Waals surface area contributed by atoms with Gasteiger partial charge in [-0.3, -0.25) is 0 Å². The fourth-order valence-electron chi connectivity index (χ4n) is 2.13. The van der Waals surface area contributed by atoms with Crippen molar-refractivity contribution in [2.75, 3.05) is 6.54 Å². The van der Waals surface area contributed by atoms with Crippen molar-refractivity contribution in [2.24, 2.45) is 0 Å². The maximum atomic E-state index is 12.2. The van der Waals surface area contributed by atoms with Crippen molar-refractivity contribution in [1.82, 2.24) is 10.0 Å². The number of hydrogen-bond acceptors (Lipinski definition) is 3. The summed E-state index contributed by atoms with van der Waals surface area (Å²) in [5.41, 5.74) is 2.25. The van der Waals surface area contributed by atoms with Gasteiger partial charge in [-0.2, -0.15) is 0 Å². The molecule has 1 aromatic rings. The van der Waals surface area contributed by atoms with E-state index in [9.17, 15) is 8.42 Å². The maximum absolute atomic E-state index is 12.2. The largest absolute Gasteiger partial charge is 0.313 e. The average molecular weight is 296 g/mol. The molecule has 5 heteroatoms. The van der Waals surface area contributed by atoms with E-state index < -0.39 is 15.3 Å². The van der Waals surface area contributed by atoms with E-state index in [0.29, 0.717) is 19.1 Å². The SMILES string of the molecule is CCc1ccccc1CNS(=O)(=O)C(C)CNC1CC1. The third-order valence-corrected chi connectivity index (χ3v) is 5.54. The zero-order valence-electron chi connectivity index (χ0n) is 12.2. The molecular formula is C15H24N2O2S. The predicted molar refractivity (Wildman–Crippen MR) is 82.1 cm³/mol. The number of nitrogens with one attached hydrogen (secondary N) is 2. The first-order valence-corrected chi connectivity index (χ1v) is 8.86. The molecule has 1 aliphatic rings. The van der Waals surface area contributed by atoms with Gasteiger partial charge in [-0.15, -0.1) is 0 Å². The zero-order chi connectivity index (χ0) is 14.6. The van der Waals surface area contributed by atoms with Crippen LogP contribution in [-0.2, 0) is 23.0 Å². The quantitative estimate of drug-likeness (QED) is 0.769. The summed E-state index contributed by atoms with van der Waals surface area (Å²) in [7, 11) is -3.26. The summed E-state index contributed by atoms with van der Waals surface area (Å²) in [6.45, 7) is 4.73. The van der Waals surface area contributed by atoms with Crippen LogP contribution in [0.3, 0.4) is 0 Å². The van der Waals surface area contributed by atoms with Gasteiger partial charge in [0.15, 0.2) is 0 Å². The molecule has 0 aromatic heterocycles. The van der Waals surface area contributed by atoms with Gasteiger partial charge in [-0.25, -0.2) is 13.1 Å². The highest BCUT2D eigenvalue weighted by Crippen LogP contribution is 2.18. The van der Waals surface area contributed by atoms with Crippen LogP contribution in [0.4, 0.5) is 0 Å². The molecule has 0 radical (unpaired) electrons. The summed E-state index contributed by atoms with van der Waals surface area (Å²) in [6.07, 6.45) is 3.25. The van der Waals surface area contributed by atoms with Gasteiger partial charge in [0.05, 0.1) is 5.25 Å². The lowest BCUT2D eigenvalue weighted by Crippen LogP contribution is -2.39. The van der Waals surface area contributed by atoms with Crippen LogP contribution >= 0.6 is 0 Å². The van der Waals surface area contributed by atoms with E-state index in [0.717, 1.165) is 12.0 Å². The minimum Gasteiger partial charge on any atom is -0.313 e. The summed E-state index contributed by atoms with van der Waals surface area (Å²) >= 11 is 0. The molecule has 2 N–H and O–H groups in total. The molecule has 0 spiro atoms. The van der Waals surface area contributed by atoms with E-state index in [4.69, 9.17) is 0 Å². The number of aryl methyl sites for hydroxylation is 1. The van der Waals surface area contributed by atoms with Crippen LogP contribution in [0, 0.1) is 0 Å². The Morgan fingerprint density at radius 1 is 1.25 bits per heavy atom. The van der Waals surface area contributed by atoms with Crippen LogP contribution in [0.1, 0.15) is 37.8 Å². The minimum absolute atomic E-state index is 0.375. The van der Waals surface area contributed by atoms with Crippen molar-refractivity contribution in [3.05, 3.63) is 35.4 Å². The van der Waals surface area contributed by atoms with E-state index in [1.807, 2.05) is 24.3 Å². The third-order valence-electron chi connectivity index (χ3n) is 3.76. The maximum Gasteiger partial charge on any atom is 0.215 e. The molecule has 1 atom stereocenters. The van der Waals surface area contributed by atoms with Crippen LogP contribution in [0.2, 0.25) is 0 Å². The van der Waals surface area contributed by atoms with Crippen molar-refractivity contribution in [2.45, 2.75) is 50.9 Å². The number of rotatable bonds is 8. The molecule has 0 saturated heterocycles. The number of benzene rings is 1. The van der Waals surface area contributed by atoms with Gasteiger partial charge in [0, 0.05) is 19.1 Å². The number of hydrogen-bond donors (Lipinski definition) is 2. The Bertz CT molecular complexity index is 539. The molecule has 0 bridgehead atoms. The van der Waals surface area contributed by atoms with E-state index in [-0.39, 0.29) is 0 Å². The van der Waals surface area contributed by atoms with Gasteiger partial charge in [0.1, 0.15) is 0 Å². The highest BCUT2D eigenvalue weighted by Gasteiger charge is 2.25. The molecule has 1 saturated carbocycles. The normalized spacial score (nSPS) is 17.1. The molecule has 0 aliphatic heterocycles. The summed E-state index contributed by atoms with van der Waals surface area (Å²) in [5, 5.41) is 2.86. The Morgan fingerprint density at radius 2 is 1.90 bits per heavy atom. The smallest absolute Gasteiger partial charge is 0.215 e. The fourth-order valence-corrected chi connectivity index (χ4v) is 3.08. The lowest BCUT2D eigenvalue weighted by Gasteiger charge is -2.15. The molecule has 112 valence electrons. The minimum atomic E-state index is -3.26. The Balaban J connectivity index is 1.90. The molecule has 1 fully saturated rings. The average Bonchev–Trinajstić information content (AvgIpc) is 3.27. The molecule has 1 aliphatic carbocycles. The lowest BCUT2D eigenvalue weighted by atomic mass is 10.1. The third kappa shape index (κ3) is 4.30. The summed E-state index contributed by atoms with van der Waals surface area (Å²) in [6, 6.07) is 8.49. The Morgan fingerprint density at radius 3 is 2.50 bits per heavy atom. The highest BCUT2D eigenvalue weighted by molar-refractivity contribution is 7.90. The van der Waals surface area contributed by atoms with E-state index in [1.165, 1.54) is 18.4 Å². The van der Waals surface area contributed by atoms with Gasteiger partial charge in [0.2, 0.25) is 10.0 Å². The van der Waals surface area contributed by atoms with Crippen molar-refractivity contribution in [3.63, 3.8) is 0 Å². The van der Waals surface area contributed by atoms with Gasteiger partial charge < -0.3 is 5.32 Å². The zero-order valence-corrected chi connectivity index (χ0v) is 13.0. The molecule has 0 amide bonds. The molecular weight excluding hydrogens is 272 g/mol. The monoisotopic (exact) mass is 296 g/mol. The van der Waals surface area contributed by atoms with Crippen molar-refractivity contribution < 1.29 is 8.42 Å². The van der Waals surface area contributed by atoms with Crippen molar-refractivity contribution in [3.8, 4) is 0 Å². The second-order valence-corrected chi connectivity index (χ2v) is 7.66. The van der Waals surface area contributed by atoms with Crippen LogP contribution in [0.15, 0.2) is 24.3 Å². The van der Waals surface area contributed by atoms with Crippen LogP contribution in [0.5, 0.6) is 0 Å². The lowest BCUT2D eigenvalue weighted by molar-refractivity contribution is 0.556. The van der Waals surface area contributed by atoms with Crippen molar-refractivity contribution >= 4 is 10.0 Å². The van der Waals surface area contributed by atoms with Gasteiger partial charge >= 0.3 is 0 Å². The molecule has 1 aromatic carbocycles. The molecule has 4 nitrogen and oxygen atoms in total. The predicted octanol–water partition coefficient (Wildman–Crippen LogP) is 1.81. The van der Waals surface area contributed by atoms with E-state index in [1.54, 1.807) is 6.92 Å². The standard InChI is InChI=1S/C15H24N2O2S/c1-3-13-6-4-5-7-14(13)11-17-20(18,19)12(2)10-16-15-8-9-15/h4-7,12,15-17H,3,8-11H2,1-2H3. The molecule has 0 heterocycles. The van der Waals surface area contributed by atoms with Crippen LogP contribution in [-0.4, -0.2) is 26.3 Å². The Hall–Kier alpha value is -0.910. The first kappa shape index (κ1) is 15.5. The molecule has 20 heavy (non-hydrogen) atoms. The van der Waals surface area contributed by atoms with Crippen molar-refractivity contribution in [1.29, 1.82) is 0 Å². The fraction of sp³-hybridized carbons (Fsp3) is 0.600. The number of sulfonamides is 1. The highest BCUT2D eigenvalue weighted by atomic mass is 32.2. The van der Waals surface area contributed by atoms with E-state index in [2.05, 4.69) is 17.0 Å². The second kappa shape index (κ2) is 6.70. The molecule has 1 unspecified atom stereocenters. The van der Waals surface area contributed by atoms with Gasteiger partial charge in [-0.05, 0) is 37.3 Å². The Kier molecular flexibility index (Phi) is 5.18. The second-order valence-electron chi connectivity index (χ2n) is 5.48. The first-order chi connectivity index (χ1) is 9.53. The summed E-state index contributed by atoms with van der Waals surface area (Å²) < 4.78 is 27.1. The van der Waals surface area contributed by atoms with Crippen LogP contribution in [0.25, 0.3) is 0 Å². The van der Waals surface area contributed by atoms with Crippen LogP contribution < -0.4 is 10.0 Å². The van der Waals surface area contributed by atoms with Gasteiger partial charge in [-0.1, -0.05) is 31.2 Å².